The van der Waals surface area contributed by atoms with Crippen LogP contribution in [0.15, 0.2) is 58.1 Å². The predicted octanol–water partition coefficient (Wildman–Crippen LogP) is 3.34. The van der Waals surface area contributed by atoms with Crippen molar-refractivity contribution < 1.29 is 17.7 Å². The number of aryl methyl sites for hydroxylation is 1. The molecule has 0 atom stereocenters. The number of para-hydroxylation sites is 1. The van der Waals surface area contributed by atoms with Crippen molar-refractivity contribution in [1.29, 1.82) is 0 Å². The number of ether oxygens (including phenoxy) is 1. The molecule has 2 heterocycles. The Balaban J connectivity index is 1.75. The van der Waals surface area contributed by atoms with E-state index in [4.69, 9.17) is 9.26 Å². The molecule has 0 amide bonds. The number of hydrogen-bond acceptors (Lipinski definition) is 5. The van der Waals surface area contributed by atoms with Gasteiger partial charge in [-0.3, -0.25) is 4.72 Å². The minimum atomic E-state index is -3.72. The Morgan fingerprint density at radius 3 is 2.83 bits per heavy atom. The highest BCUT2D eigenvalue weighted by molar-refractivity contribution is 7.92. The summed E-state index contributed by atoms with van der Waals surface area (Å²) in [5, 5.41) is 3.75. The molecule has 0 aliphatic carbocycles. The van der Waals surface area contributed by atoms with Crippen molar-refractivity contribution >= 4 is 15.7 Å². The van der Waals surface area contributed by atoms with Crippen LogP contribution in [0.5, 0.6) is 5.75 Å². The Kier molecular flexibility index (Phi) is 3.31. The smallest absolute Gasteiger partial charge is 0.261 e. The van der Waals surface area contributed by atoms with E-state index in [-0.39, 0.29) is 4.90 Å². The summed E-state index contributed by atoms with van der Waals surface area (Å²) in [6, 6.07) is 11.9. The lowest BCUT2D eigenvalue weighted by atomic mass is 10.1. The third-order valence-electron chi connectivity index (χ3n) is 3.92. The maximum atomic E-state index is 12.7. The molecule has 6 nitrogen and oxygen atoms in total. The number of benzene rings is 2. The fourth-order valence-electron chi connectivity index (χ4n) is 2.61. The van der Waals surface area contributed by atoms with E-state index in [1.54, 1.807) is 30.5 Å². The molecular formula is C17H14N2O4S. The van der Waals surface area contributed by atoms with Crippen LogP contribution in [0.3, 0.4) is 0 Å². The van der Waals surface area contributed by atoms with Crippen LogP contribution in [0.25, 0.3) is 11.3 Å². The molecule has 1 aliphatic heterocycles. The van der Waals surface area contributed by atoms with E-state index in [9.17, 15) is 8.42 Å². The molecule has 0 saturated heterocycles. The number of nitrogens with zero attached hydrogens (tertiary/aromatic N) is 1. The number of aromatic nitrogens is 1. The highest BCUT2D eigenvalue weighted by Crippen LogP contribution is 2.38. The number of nitrogens with one attached hydrogen (secondary N) is 1. The largest absolute Gasteiger partial charge is 0.488 e. The molecule has 122 valence electrons. The monoisotopic (exact) mass is 342 g/mol. The molecule has 0 saturated carbocycles. The van der Waals surface area contributed by atoms with Crippen molar-refractivity contribution in [3.63, 3.8) is 0 Å². The highest BCUT2D eigenvalue weighted by Gasteiger charge is 2.25. The van der Waals surface area contributed by atoms with Gasteiger partial charge in [0.1, 0.15) is 12.4 Å². The molecule has 0 unspecified atom stereocenters. The SMILES string of the molecule is Cc1ccccc1NS(=O)(=O)c1ccc2c(c1)-c1oncc1CO2. The van der Waals surface area contributed by atoms with E-state index in [0.29, 0.717) is 29.4 Å². The van der Waals surface area contributed by atoms with Gasteiger partial charge in [-0.1, -0.05) is 23.4 Å². The first kappa shape index (κ1) is 14.8. The minimum Gasteiger partial charge on any atom is -0.488 e. The van der Waals surface area contributed by atoms with Gasteiger partial charge in [0.15, 0.2) is 5.76 Å². The average Bonchev–Trinajstić information content (AvgIpc) is 3.05. The lowest BCUT2D eigenvalue weighted by Gasteiger charge is -2.17. The van der Waals surface area contributed by atoms with Crippen molar-refractivity contribution in [3.8, 4) is 17.1 Å². The molecule has 0 spiro atoms. The van der Waals surface area contributed by atoms with E-state index in [1.807, 2.05) is 19.1 Å². The molecule has 1 N–H and O–H groups in total. The third-order valence-corrected chi connectivity index (χ3v) is 5.29. The van der Waals surface area contributed by atoms with Crippen LogP contribution in [0.4, 0.5) is 5.69 Å². The fraction of sp³-hybridized carbons (Fsp3) is 0.118. The van der Waals surface area contributed by atoms with Gasteiger partial charge in [0.2, 0.25) is 0 Å². The Morgan fingerprint density at radius 2 is 2.00 bits per heavy atom. The predicted molar refractivity (Wildman–Crippen MR) is 88.3 cm³/mol. The van der Waals surface area contributed by atoms with E-state index in [2.05, 4.69) is 9.88 Å². The van der Waals surface area contributed by atoms with E-state index in [0.717, 1.165) is 11.1 Å². The van der Waals surface area contributed by atoms with Crippen LogP contribution >= 0.6 is 0 Å². The Hall–Kier alpha value is -2.80. The van der Waals surface area contributed by atoms with Crippen LogP contribution in [-0.4, -0.2) is 13.6 Å². The quantitative estimate of drug-likeness (QED) is 0.789. The zero-order valence-corrected chi connectivity index (χ0v) is 13.6. The molecule has 0 bridgehead atoms. The Morgan fingerprint density at radius 1 is 1.17 bits per heavy atom. The second-order valence-corrected chi connectivity index (χ2v) is 7.23. The number of anilines is 1. The van der Waals surface area contributed by atoms with Crippen molar-refractivity contribution in [2.75, 3.05) is 4.72 Å². The number of fused-ring (bicyclic) bond motifs is 3. The van der Waals surface area contributed by atoms with E-state index in [1.165, 1.54) is 6.07 Å². The maximum absolute atomic E-state index is 12.7. The average molecular weight is 342 g/mol. The minimum absolute atomic E-state index is 0.136. The summed E-state index contributed by atoms with van der Waals surface area (Å²) in [6.07, 6.45) is 1.57. The molecule has 1 aliphatic rings. The highest BCUT2D eigenvalue weighted by atomic mass is 32.2. The lowest BCUT2D eigenvalue weighted by molar-refractivity contribution is 0.297. The van der Waals surface area contributed by atoms with E-state index < -0.39 is 10.0 Å². The summed E-state index contributed by atoms with van der Waals surface area (Å²) < 4.78 is 38.8. The molecule has 4 rings (SSSR count). The van der Waals surface area contributed by atoms with Crippen molar-refractivity contribution in [2.45, 2.75) is 18.4 Å². The van der Waals surface area contributed by atoms with Gasteiger partial charge in [-0.15, -0.1) is 0 Å². The van der Waals surface area contributed by atoms with Crippen LogP contribution in [0.1, 0.15) is 11.1 Å². The summed E-state index contributed by atoms with van der Waals surface area (Å²) in [4.78, 5) is 0.136. The molecule has 1 aromatic heterocycles. The van der Waals surface area contributed by atoms with Crippen LogP contribution in [0.2, 0.25) is 0 Å². The number of rotatable bonds is 3. The van der Waals surface area contributed by atoms with Crippen molar-refractivity contribution in [1.82, 2.24) is 5.16 Å². The summed E-state index contributed by atoms with van der Waals surface area (Å²) in [5.41, 5.74) is 2.78. The standard InChI is InChI=1S/C17H14N2O4S/c1-11-4-2-3-5-15(11)19-24(20,21)13-6-7-16-14(8-13)17-12(10-22-16)9-18-23-17/h2-9,19H,10H2,1H3. The molecule has 0 radical (unpaired) electrons. The van der Waals surface area contributed by atoms with Gasteiger partial charge >= 0.3 is 0 Å². The van der Waals surface area contributed by atoms with Gasteiger partial charge in [-0.05, 0) is 36.8 Å². The van der Waals surface area contributed by atoms with Gasteiger partial charge < -0.3 is 9.26 Å². The van der Waals surface area contributed by atoms with Gasteiger partial charge in [0, 0.05) is 0 Å². The second-order valence-electron chi connectivity index (χ2n) is 5.55. The second kappa shape index (κ2) is 5.38. The normalized spacial score (nSPS) is 12.9. The molecule has 24 heavy (non-hydrogen) atoms. The van der Waals surface area contributed by atoms with Crippen LogP contribution in [0, 0.1) is 6.92 Å². The first-order valence-electron chi connectivity index (χ1n) is 7.34. The number of hydrogen-bond donors (Lipinski definition) is 1. The van der Waals surface area contributed by atoms with Gasteiger partial charge in [-0.25, -0.2) is 8.42 Å². The van der Waals surface area contributed by atoms with Gasteiger partial charge in [0.25, 0.3) is 10.0 Å². The fourth-order valence-corrected chi connectivity index (χ4v) is 3.77. The molecule has 0 fully saturated rings. The topological polar surface area (TPSA) is 81.4 Å². The summed E-state index contributed by atoms with van der Waals surface area (Å²) in [7, 11) is -3.72. The Labute approximate surface area is 139 Å². The zero-order valence-electron chi connectivity index (χ0n) is 12.8. The first-order chi connectivity index (χ1) is 11.5. The molecule has 7 heteroatoms. The zero-order chi connectivity index (χ0) is 16.7. The van der Waals surface area contributed by atoms with Gasteiger partial charge in [-0.2, -0.15) is 0 Å². The third kappa shape index (κ3) is 2.43. The van der Waals surface area contributed by atoms with Crippen molar-refractivity contribution in [3.05, 3.63) is 59.8 Å². The lowest BCUT2D eigenvalue weighted by Crippen LogP contribution is -2.14. The first-order valence-corrected chi connectivity index (χ1v) is 8.82. The molecular weight excluding hydrogens is 328 g/mol. The molecule has 3 aromatic rings. The van der Waals surface area contributed by atoms with Crippen molar-refractivity contribution in [2.24, 2.45) is 0 Å². The van der Waals surface area contributed by atoms with Gasteiger partial charge in [0.05, 0.1) is 27.9 Å². The van der Waals surface area contributed by atoms with Crippen LogP contribution in [-0.2, 0) is 16.6 Å². The summed E-state index contributed by atoms with van der Waals surface area (Å²) in [6.45, 7) is 2.21. The van der Waals surface area contributed by atoms with Crippen LogP contribution < -0.4 is 9.46 Å². The summed E-state index contributed by atoms with van der Waals surface area (Å²) >= 11 is 0. The maximum Gasteiger partial charge on any atom is 0.261 e. The molecule has 2 aromatic carbocycles. The number of sulfonamides is 1. The van der Waals surface area contributed by atoms with E-state index >= 15 is 0 Å². The summed E-state index contributed by atoms with van der Waals surface area (Å²) in [5.74, 6) is 1.12. The Bertz CT molecular complexity index is 1020.